The molecule has 0 unspecified atom stereocenters. The summed E-state index contributed by atoms with van der Waals surface area (Å²) in [7, 11) is 0. The molecule has 1 saturated heterocycles. The summed E-state index contributed by atoms with van der Waals surface area (Å²) in [6.45, 7) is 1.75. The molecule has 3 heterocycles. The van der Waals surface area contributed by atoms with E-state index in [1.807, 2.05) is 47.4 Å². The van der Waals surface area contributed by atoms with Crippen LogP contribution in [0.25, 0.3) is 22.2 Å². The number of β-amino-alcohol motifs (C(OH)–C–C–N with tert-alkyl or cyclic N) is 1. The van der Waals surface area contributed by atoms with E-state index in [0.29, 0.717) is 29.2 Å². The second kappa shape index (κ2) is 9.39. The van der Waals surface area contributed by atoms with Gasteiger partial charge in [0.1, 0.15) is 11.0 Å². The number of carbonyl (C=O) groups is 1. The first-order chi connectivity index (χ1) is 16.5. The van der Waals surface area contributed by atoms with Crippen LogP contribution in [0.3, 0.4) is 0 Å². The zero-order valence-corrected chi connectivity index (χ0v) is 18.4. The van der Waals surface area contributed by atoms with Crippen molar-refractivity contribution in [2.75, 3.05) is 44.8 Å². The van der Waals surface area contributed by atoms with Crippen LogP contribution in [0.15, 0.2) is 51.3 Å². The minimum Gasteiger partial charge on any atom is -0.423 e. The summed E-state index contributed by atoms with van der Waals surface area (Å²) in [6, 6.07) is 13.7. The van der Waals surface area contributed by atoms with Crippen molar-refractivity contribution in [3.8, 4) is 0 Å². The van der Waals surface area contributed by atoms with Crippen molar-refractivity contribution in [2.45, 2.75) is 12.1 Å². The third kappa shape index (κ3) is 4.73. The first-order valence-electron chi connectivity index (χ1n) is 11.0. The second-order valence-corrected chi connectivity index (χ2v) is 8.20. The van der Waals surface area contributed by atoms with E-state index in [2.05, 4.69) is 20.6 Å². The van der Waals surface area contributed by atoms with E-state index < -0.39 is 11.5 Å². The number of likely N-dealkylation sites (tertiary alicyclic amines) is 1. The standard InChI is InChI=1S/C23H25N5O6/c29-8-10-32-9-7-24-20(30)23(31)13-28(14-23)12-15-5-6-19-17(11-15)26-22(34-19)27-21-25-16-3-1-2-4-18(16)33-21/h1-6,11,29,31H,7-10,12-14H2,(H,24,30)(H,25,26,27). The number of aliphatic hydroxyl groups excluding tert-OH is 1. The summed E-state index contributed by atoms with van der Waals surface area (Å²) in [4.78, 5) is 23.0. The fourth-order valence-corrected chi connectivity index (χ4v) is 3.92. The van der Waals surface area contributed by atoms with Gasteiger partial charge in [0.05, 0.1) is 19.8 Å². The van der Waals surface area contributed by atoms with Gasteiger partial charge in [-0.15, -0.1) is 0 Å². The molecule has 5 rings (SSSR count). The maximum atomic E-state index is 12.2. The van der Waals surface area contributed by atoms with Gasteiger partial charge < -0.3 is 29.1 Å². The Morgan fingerprint density at radius 3 is 2.56 bits per heavy atom. The minimum absolute atomic E-state index is 0.0662. The highest BCUT2D eigenvalue weighted by molar-refractivity contribution is 5.86. The number of anilines is 2. The number of carbonyl (C=O) groups excluding carboxylic acids is 1. The fourth-order valence-electron chi connectivity index (χ4n) is 3.92. The number of aliphatic hydroxyl groups is 2. The lowest BCUT2D eigenvalue weighted by molar-refractivity contribution is -0.160. The number of fused-ring (bicyclic) bond motifs is 2. The zero-order chi connectivity index (χ0) is 23.5. The number of oxazole rings is 2. The second-order valence-electron chi connectivity index (χ2n) is 8.20. The van der Waals surface area contributed by atoms with E-state index >= 15 is 0 Å². The SMILES string of the molecule is O=C(NCCOCCO)C1(O)CN(Cc2ccc3oc(Nc4nc5ccccc5o4)nc3c2)C1. The lowest BCUT2D eigenvalue weighted by Crippen LogP contribution is -2.68. The van der Waals surface area contributed by atoms with Crippen LogP contribution >= 0.6 is 0 Å². The predicted octanol–water partition coefficient (Wildman–Crippen LogP) is 1.38. The number of aromatic nitrogens is 2. The molecule has 0 atom stereocenters. The normalized spacial score (nSPS) is 15.5. The van der Waals surface area contributed by atoms with Gasteiger partial charge in [0.15, 0.2) is 16.8 Å². The summed E-state index contributed by atoms with van der Waals surface area (Å²) in [5.74, 6) is -0.418. The number of nitrogens with one attached hydrogen (secondary N) is 2. The molecule has 1 aliphatic heterocycles. The van der Waals surface area contributed by atoms with Crippen LogP contribution in [0.4, 0.5) is 12.0 Å². The van der Waals surface area contributed by atoms with E-state index in [1.165, 1.54) is 0 Å². The third-order valence-corrected chi connectivity index (χ3v) is 5.53. The van der Waals surface area contributed by atoms with Crippen molar-refractivity contribution in [1.29, 1.82) is 0 Å². The molecule has 4 aromatic rings. The average molecular weight is 467 g/mol. The summed E-state index contributed by atoms with van der Waals surface area (Å²) >= 11 is 0. The molecule has 11 nitrogen and oxygen atoms in total. The van der Waals surface area contributed by atoms with E-state index in [0.717, 1.165) is 11.1 Å². The first kappa shape index (κ1) is 22.3. The van der Waals surface area contributed by atoms with Gasteiger partial charge in [-0.25, -0.2) is 0 Å². The highest BCUT2D eigenvalue weighted by atomic mass is 16.5. The first-order valence-corrected chi connectivity index (χ1v) is 11.0. The smallest absolute Gasteiger partial charge is 0.303 e. The molecule has 0 spiro atoms. The van der Waals surface area contributed by atoms with Crippen LogP contribution in [0, 0.1) is 0 Å². The summed E-state index contributed by atoms with van der Waals surface area (Å²) < 4.78 is 16.5. The van der Waals surface area contributed by atoms with Gasteiger partial charge in [0.25, 0.3) is 5.91 Å². The molecule has 34 heavy (non-hydrogen) atoms. The van der Waals surface area contributed by atoms with Gasteiger partial charge in [-0.3, -0.25) is 15.0 Å². The molecule has 2 aromatic carbocycles. The van der Waals surface area contributed by atoms with Crippen molar-refractivity contribution in [3.63, 3.8) is 0 Å². The Bertz CT molecular complexity index is 1260. The van der Waals surface area contributed by atoms with Crippen LogP contribution in [0.1, 0.15) is 5.56 Å². The molecule has 178 valence electrons. The number of para-hydroxylation sites is 2. The van der Waals surface area contributed by atoms with Gasteiger partial charge in [-0.2, -0.15) is 9.97 Å². The lowest BCUT2D eigenvalue weighted by atomic mass is 9.92. The van der Waals surface area contributed by atoms with Gasteiger partial charge in [0, 0.05) is 26.2 Å². The van der Waals surface area contributed by atoms with Gasteiger partial charge in [-0.1, -0.05) is 18.2 Å². The van der Waals surface area contributed by atoms with Crippen LogP contribution in [-0.4, -0.2) is 76.0 Å². The molecular formula is C23H25N5O6. The Labute approximate surface area is 194 Å². The number of hydrogen-bond donors (Lipinski definition) is 4. The molecule has 0 aliphatic carbocycles. The average Bonchev–Trinajstić information content (AvgIpc) is 3.40. The number of amides is 1. The Hall–Kier alpha value is -3.51. The Morgan fingerprint density at radius 1 is 1.06 bits per heavy atom. The van der Waals surface area contributed by atoms with Crippen LogP contribution < -0.4 is 10.6 Å². The number of hydrogen-bond acceptors (Lipinski definition) is 10. The van der Waals surface area contributed by atoms with Crippen molar-refractivity contribution in [2.24, 2.45) is 0 Å². The largest absolute Gasteiger partial charge is 0.423 e. The quantitative estimate of drug-likeness (QED) is 0.252. The van der Waals surface area contributed by atoms with Gasteiger partial charge >= 0.3 is 12.0 Å². The van der Waals surface area contributed by atoms with Crippen molar-refractivity contribution in [3.05, 3.63) is 48.0 Å². The molecule has 0 radical (unpaired) electrons. The Balaban J connectivity index is 1.16. The molecule has 0 saturated carbocycles. The number of benzene rings is 2. The Morgan fingerprint density at radius 2 is 1.79 bits per heavy atom. The van der Waals surface area contributed by atoms with Crippen molar-refractivity contribution < 1.29 is 28.6 Å². The van der Waals surface area contributed by atoms with Crippen molar-refractivity contribution >= 4 is 40.1 Å². The fraction of sp³-hybridized carbons (Fsp3) is 0.348. The highest BCUT2D eigenvalue weighted by Crippen LogP contribution is 2.27. The predicted molar refractivity (Wildman–Crippen MR) is 122 cm³/mol. The van der Waals surface area contributed by atoms with Crippen LogP contribution in [0.5, 0.6) is 0 Å². The van der Waals surface area contributed by atoms with E-state index in [1.54, 1.807) is 0 Å². The molecule has 2 aromatic heterocycles. The number of rotatable bonds is 10. The van der Waals surface area contributed by atoms with Crippen molar-refractivity contribution in [1.82, 2.24) is 20.2 Å². The minimum atomic E-state index is -1.41. The molecule has 1 amide bonds. The maximum absolute atomic E-state index is 12.2. The third-order valence-electron chi connectivity index (χ3n) is 5.53. The van der Waals surface area contributed by atoms with Crippen LogP contribution in [-0.2, 0) is 16.1 Å². The molecule has 1 fully saturated rings. The molecule has 11 heteroatoms. The number of nitrogens with zero attached hydrogens (tertiary/aromatic N) is 3. The van der Waals surface area contributed by atoms with Crippen LogP contribution in [0.2, 0.25) is 0 Å². The molecule has 1 aliphatic rings. The molecular weight excluding hydrogens is 442 g/mol. The zero-order valence-electron chi connectivity index (χ0n) is 18.4. The molecule has 0 bridgehead atoms. The highest BCUT2D eigenvalue weighted by Gasteiger charge is 2.47. The monoisotopic (exact) mass is 467 g/mol. The molecule has 4 N–H and O–H groups in total. The summed E-state index contributed by atoms with van der Waals surface area (Å²) in [5, 5.41) is 24.8. The Kier molecular flexibility index (Phi) is 6.16. The lowest BCUT2D eigenvalue weighted by Gasteiger charge is -2.45. The van der Waals surface area contributed by atoms with E-state index in [9.17, 15) is 9.90 Å². The summed E-state index contributed by atoms with van der Waals surface area (Å²) in [5.41, 5.74) is 2.26. The van der Waals surface area contributed by atoms with Gasteiger partial charge in [0.2, 0.25) is 0 Å². The van der Waals surface area contributed by atoms with E-state index in [-0.39, 0.29) is 45.5 Å². The topological polar surface area (TPSA) is 146 Å². The number of ether oxygens (including phenoxy) is 1. The van der Waals surface area contributed by atoms with E-state index in [4.69, 9.17) is 18.7 Å². The maximum Gasteiger partial charge on any atom is 0.303 e. The van der Waals surface area contributed by atoms with Gasteiger partial charge in [-0.05, 0) is 29.8 Å². The summed E-state index contributed by atoms with van der Waals surface area (Å²) in [6.07, 6.45) is 0.